The van der Waals surface area contributed by atoms with E-state index in [1.807, 2.05) is 36.4 Å². The molecule has 0 saturated heterocycles. The van der Waals surface area contributed by atoms with Crippen LogP contribution in [0.15, 0.2) is 53.4 Å². The molecule has 0 aliphatic carbocycles. The minimum atomic E-state index is 0.00820. The molecule has 3 nitrogen and oxygen atoms in total. The molecule has 2 aromatic rings. The Kier molecular flexibility index (Phi) is 7.30. The first-order valence-corrected chi connectivity index (χ1v) is 8.95. The highest BCUT2D eigenvalue weighted by atomic mass is 35.5. The van der Waals surface area contributed by atoms with Crippen LogP contribution in [0.1, 0.15) is 19.8 Å². The van der Waals surface area contributed by atoms with Gasteiger partial charge in [0.25, 0.3) is 0 Å². The van der Waals surface area contributed by atoms with Crippen molar-refractivity contribution in [1.82, 2.24) is 0 Å². The van der Waals surface area contributed by atoms with Crippen LogP contribution in [0.5, 0.6) is 5.75 Å². The van der Waals surface area contributed by atoms with E-state index in [1.54, 1.807) is 23.9 Å². The van der Waals surface area contributed by atoms with Gasteiger partial charge in [-0.2, -0.15) is 0 Å². The molecule has 5 heteroatoms. The van der Waals surface area contributed by atoms with Crippen LogP contribution >= 0.6 is 23.4 Å². The number of rotatable bonds is 8. The van der Waals surface area contributed by atoms with E-state index in [9.17, 15) is 4.79 Å². The summed E-state index contributed by atoms with van der Waals surface area (Å²) in [6.07, 6.45) is 1.09. The van der Waals surface area contributed by atoms with Crippen molar-refractivity contribution in [2.24, 2.45) is 0 Å². The lowest BCUT2D eigenvalue weighted by Crippen LogP contribution is -2.13. The maximum atomic E-state index is 12.0. The van der Waals surface area contributed by atoms with Gasteiger partial charge in [0.1, 0.15) is 5.75 Å². The van der Waals surface area contributed by atoms with Gasteiger partial charge in [0, 0.05) is 16.3 Å². The van der Waals surface area contributed by atoms with Gasteiger partial charge in [-0.15, -0.1) is 11.8 Å². The number of thioether (sulfide) groups is 1. The van der Waals surface area contributed by atoms with Crippen LogP contribution in [0.3, 0.4) is 0 Å². The summed E-state index contributed by atoms with van der Waals surface area (Å²) in [5.41, 5.74) is 0.878. The van der Waals surface area contributed by atoms with Gasteiger partial charge in [-0.1, -0.05) is 30.7 Å². The first kappa shape index (κ1) is 17.7. The molecule has 122 valence electrons. The topological polar surface area (TPSA) is 38.3 Å². The Hall–Kier alpha value is -1.65. The highest BCUT2D eigenvalue weighted by Gasteiger charge is 2.06. The summed E-state index contributed by atoms with van der Waals surface area (Å²) in [5.74, 6) is 1.75. The lowest BCUT2D eigenvalue weighted by molar-refractivity contribution is -0.116. The number of para-hydroxylation sites is 1. The molecule has 1 amide bonds. The van der Waals surface area contributed by atoms with Crippen molar-refractivity contribution in [3.63, 3.8) is 0 Å². The Morgan fingerprint density at radius 2 is 1.91 bits per heavy atom. The molecule has 0 fully saturated rings. The zero-order valence-corrected chi connectivity index (χ0v) is 14.6. The molecule has 2 rings (SSSR count). The zero-order chi connectivity index (χ0) is 16.5. The number of halogens is 1. The van der Waals surface area contributed by atoms with E-state index in [0.29, 0.717) is 24.5 Å². The normalized spacial score (nSPS) is 10.3. The molecule has 0 heterocycles. The number of nitrogens with one attached hydrogen (secondary N) is 1. The standard InChI is InChI=1S/C18H20ClNO2S/c1-2-23-17-7-4-3-6-16(17)20-18(21)8-5-13-22-15-11-9-14(19)10-12-15/h3-4,6-7,9-12H,2,5,8,13H2,1H3,(H,20,21). The molecule has 0 aromatic heterocycles. The van der Waals surface area contributed by atoms with Crippen molar-refractivity contribution in [2.45, 2.75) is 24.7 Å². The number of benzene rings is 2. The molecule has 2 aromatic carbocycles. The molecular weight excluding hydrogens is 330 g/mol. The van der Waals surface area contributed by atoms with E-state index < -0.39 is 0 Å². The highest BCUT2D eigenvalue weighted by Crippen LogP contribution is 2.26. The monoisotopic (exact) mass is 349 g/mol. The van der Waals surface area contributed by atoms with E-state index in [4.69, 9.17) is 16.3 Å². The minimum absolute atomic E-state index is 0.00820. The van der Waals surface area contributed by atoms with Crippen LogP contribution in [-0.2, 0) is 4.79 Å². The summed E-state index contributed by atoms with van der Waals surface area (Å²) >= 11 is 7.54. The van der Waals surface area contributed by atoms with Gasteiger partial charge >= 0.3 is 0 Å². The Bertz CT molecular complexity index is 631. The summed E-state index contributed by atoms with van der Waals surface area (Å²) < 4.78 is 5.58. The van der Waals surface area contributed by atoms with E-state index in [2.05, 4.69) is 12.2 Å². The third-order valence-electron chi connectivity index (χ3n) is 3.09. The average Bonchev–Trinajstić information content (AvgIpc) is 2.55. The second kappa shape index (κ2) is 9.48. The SMILES string of the molecule is CCSc1ccccc1NC(=O)CCCOc1ccc(Cl)cc1. The van der Waals surface area contributed by atoms with Gasteiger partial charge < -0.3 is 10.1 Å². The second-order valence-corrected chi connectivity index (χ2v) is 6.63. The molecule has 0 spiro atoms. The van der Waals surface area contributed by atoms with E-state index in [1.165, 1.54) is 0 Å². The highest BCUT2D eigenvalue weighted by molar-refractivity contribution is 7.99. The lowest BCUT2D eigenvalue weighted by atomic mass is 10.2. The molecule has 0 unspecified atom stereocenters. The molecular formula is C18H20ClNO2S. The smallest absolute Gasteiger partial charge is 0.224 e. The summed E-state index contributed by atoms with van der Waals surface area (Å²) in [6, 6.07) is 15.1. The number of hydrogen-bond acceptors (Lipinski definition) is 3. The number of carbonyl (C=O) groups is 1. The van der Waals surface area contributed by atoms with Gasteiger partial charge in [-0.25, -0.2) is 0 Å². The van der Waals surface area contributed by atoms with Crippen molar-refractivity contribution >= 4 is 35.0 Å². The third-order valence-corrected chi connectivity index (χ3v) is 4.30. The summed E-state index contributed by atoms with van der Waals surface area (Å²) in [7, 11) is 0. The molecule has 1 N–H and O–H groups in total. The van der Waals surface area contributed by atoms with Crippen molar-refractivity contribution in [1.29, 1.82) is 0 Å². The predicted octanol–water partition coefficient (Wildman–Crippen LogP) is 5.25. The third kappa shape index (κ3) is 6.16. The van der Waals surface area contributed by atoms with Crippen LogP contribution in [0.2, 0.25) is 5.02 Å². The predicted molar refractivity (Wildman–Crippen MR) is 97.7 cm³/mol. The van der Waals surface area contributed by atoms with Crippen molar-refractivity contribution in [2.75, 3.05) is 17.7 Å². The summed E-state index contributed by atoms with van der Waals surface area (Å²) in [4.78, 5) is 13.1. The quantitative estimate of drug-likeness (QED) is 0.522. The van der Waals surface area contributed by atoms with Gasteiger partial charge in [-0.05, 0) is 48.6 Å². The van der Waals surface area contributed by atoms with Crippen LogP contribution in [-0.4, -0.2) is 18.3 Å². The lowest BCUT2D eigenvalue weighted by Gasteiger charge is -2.10. The van der Waals surface area contributed by atoms with Crippen LogP contribution in [0.4, 0.5) is 5.69 Å². The van der Waals surface area contributed by atoms with Gasteiger partial charge in [0.15, 0.2) is 0 Å². The largest absolute Gasteiger partial charge is 0.494 e. The molecule has 0 radical (unpaired) electrons. The molecule has 0 saturated carbocycles. The first-order valence-electron chi connectivity index (χ1n) is 7.59. The molecule has 0 bridgehead atoms. The first-order chi connectivity index (χ1) is 11.2. The van der Waals surface area contributed by atoms with Crippen molar-refractivity contribution < 1.29 is 9.53 Å². The van der Waals surface area contributed by atoms with Crippen molar-refractivity contribution in [3.05, 3.63) is 53.6 Å². The van der Waals surface area contributed by atoms with E-state index in [-0.39, 0.29) is 5.91 Å². The van der Waals surface area contributed by atoms with Crippen LogP contribution in [0.25, 0.3) is 0 Å². The van der Waals surface area contributed by atoms with E-state index >= 15 is 0 Å². The van der Waals surface area contributed by atoms with Gasteiger partial charge in [-0.3, -0.25) is 4.79 Å². The van der Waals surface area contributed by atoms with Crippen LogP contribution < -0.4 is 10.1 Å². The zero-order valence-electron chi connectivity index (χ0n) is 13.0. The number of ether oxygens (including phenoxy) is 1. The minimum Gasteiger partial charge on any atom is -0.494 e. The molecule has 23 heavy (non-hydrogen) atoms. The fourth-order valence-electron chi connectivity index (χ4n) is 2.02. The number of amides is 1. The number of hydrogen-bond donors (Lipinski definition) is 1. The number of anilines is 1. The molecule has 0 aliphatic heterocycles. The van der Waals surface area contributed by atoms with E-state index in [0.717, 1.165) is 22.1 Å². The second-order valence-electron chi connectivity index (χ2n) is 4.88. The Balaban J connectivity index is 1.74. The van der Waals surface area contributed by atoms with Crippen molar-refractivity contribution in [3.8, 4) is 5.75 Å². The summed E-state index contributed by atoms with van der Waals surface area (Å²) in [5, 5.41) is 3.65. The Morgan fingerprint density at radius 3 is 2.65 bits per heavy atom. The fraction of sp³-hybridized carbons (Fsp3) is 0.278. The average molecular weight is 350 g/mol. The maximum absolute atomic E-state index is 12.0. The van der Waals surface area contributed by atoms with Crippen LogP contribution in [0, 0.1) is 0 Å². The molecule has 0 atom stereocenters. The molecule has 0 aliphatic rings. The summed E-state index contributed by atoms with van der Waals surface area (Å²) in [6.45, 7) is 2.60. The Morgan fingerprint density at radius 1 is 1.17 bits per heavy atom. The number of carbonyl (C=O) groups excluding carboxylic acids is 1. The Labute approximate surface area is 146 Å². The van der Waals surface area contributed by atoms with Gasteiger partial charge in [0.05, 0.1) is 12.3 Å². The maximum Gasteiger partial charge on any atom is 0.224 e. The van der Waals surface area contributed by atoms with Gasteiger partial charge in [0.2, 0.25) is 5.91 Å². The fourth-order valence-corrected chi connectivity index (χ4v) is 2.90.